The Kier molecular flexibility index (Phi) is 4.04. The molecule has 0 aromatic heterocycles. The van der Waals surface area contributed by atoms with Gasteiger partial charge in [-0.05, 0) is 46.1 Å². The van der Waals surface area contributed by atoms with Crippen molar-refractivity contribution in [3.05, 3.63) is 0 Å². The minimum atomic E-state index is 0.766. The van der Waals surface area contributed by atoms with E-state index in [2.05, 4.69) is 24.1 Å². The lowest BCUT2D eigenvalue weighted by atomic mass is 9.95. The molecule has 0 radical (unpaired) electrons. The molecule has 1 N–H and O–H groups in total. The topological polar surface area (TPSA) is 15.3 Å². The number of hydrogen-bond donors (Lipinski definition) is 1. The van der Waals surface area contributed by atoms with Gasteiger partial charge in [-0.1, -0.05) is 12.8 Å². The van der Waals surface area contributed by atoms with Crippen molar-refractivity contribution in [1.29, 1.82) is 0 Å². The predicted molar refractivity (Wildman–Crippen MR) is 65.1 cm³/mol. The standard InChI is InChI=1S/C13H26N2/c1-11-6-5-7-12(2)15(11)10-13-8-3-4-9-14-13/h11-14H,3-10H2,1-2H3/t11-,12-,13-/m0/s1. The van der Waals surface area contributed by atoms with Crippen molar-refractivity contribution in [3.63, 3.8) is 0 Å². The molecule has 0 aromatic carbocycles. The molecule has 2 rings (SSSR count). The van der Waals surface area contributed by atoms with E-state index in [1.54, 1.807) is 0 Å². The van der Waals surface area contributed by atoms with E-state index < -0.39 is 0 Å². The van der Waals surface area contributed by atoms with Crippen molar-refractivity contribution in [3.8, 4) is 0 Å². The number of nitrogens with zero attached hydrogens (tertiary/aromatic N) is 1. The molecule has 2 saturated heterocycles. The largest absolute Gasteiger partial charge is 0.313 e. The van der Waals surface area contributed by atoms with Crippen LogP contribution in [0.5, 0.6) is 0 Å². The Morgan fingerprint density at radius 2 is 1.73 bits per heavy atom. The number of hydrogen-bond acceptors (Lipinski definition) is 2. The SMILES string of the molecule is C[C@H]1CCC[C@H](C)N1C[C@@H]1CCCCN1. The van der Waals surface area contributed by atoms with Crippen LogP contribution >= 0.6 is 0 Å². The molecular formula is C13H26N2. The van der Waals surface area contributed by atoms with Gasteiger partial charge >= 0.3 is 0 Å². The molecule has 2 heterocycles. The molecule has 2 fully saturated rings. The fourth-order valence-corrected chi connectivity index (χ4v) is 3.17. The fraction of sp³-hybridized carbons (Fsp3) is 1.00. The van der Waals surface area contributed by atoms with Crippen molar-refractivity contribution >= 4 is 0 Å². The minimum absolute atomic E-state index is 0.766. The van der Waals surface area contributed by atoms with E-state index in [9.17, 15) is 0 Å². The van der Waals surface area contributed by atoms with Crippen LogP contribution < -0.4 is 5.32 Å². The molecule has 0 amide bonds. The maximum Gasteiger partial charge on any atom is 0.0195 e. The summed E-state index contributed by atoms with van der Waals surface area (Å²) in [6, 6.07) is 2.37. The Hall–Kier alpha value is -0.0800. The van der Waals surface area contributed by atoms with Gasteiger partial charge in [0.25, 0.3) is 0 Å². The monoisotopic (exact) mass is 210 g/mol. The molecule has 2 nitrogen and oxygen atoms in total. The second-order valence-electron chi connectivity index (χ2n) is 5.47. The first-order chi connectivity index (χ1) is 7.27. The quantitative estimate of drug-likeness (QED) is 0.753. The summed E-state index contributed by atoms with van der Waals surface area (Å²) in [5.41, 5.74) is 0. The molecule has 0 unspecified atom stereocenters. The van der Waals surface area contributed by atoms with Crippen molar-refractivity contribution in [2.75, 3.05) is 13.1 Å². The van der Waals surface area contributed by atoms with Crippen LogP contribution in [0.4, 0.5) is 0 Å². The first-order valence-electron chi connectivity index (χ1n) is 6.76. The molecule has 3 atom stereocenters. The van der Waals surface area contributed by atoms with Gasteiger partial charge in [0.1, 0.15) is 0 Å². The number of likely N-dealkylation sites (tertiary alicyclic amines) is 1. The highest BCUT2D eigenvalue weighted by Crippen LogP contribution is 2.23. The van der Waals surface area contributed by atoms with Crippen molar-refractivity contribution in [1.82, 2.24) is 10.2 Å². The molecule has 88 valence electrons. The summed E-state index contributed by atoms with van der Waals surface area (Å²) < 4.78 is 0. The zero-order chi connectivity index (χ0) is 10.7. The molecule has 0 aliphatic carbocycles. The highest BCUT2D eigenvalue weighted by Gasteiger charge is 2.27. The van der Waals surface area contributed by atoms with Crippen LogP contribution in [0.25, 0.3) is 0 Å². The van der Waals surface area contributed by atoms with Gasteiger partial charge in [-0.15, -0.1) is 0 Å². The zero-order valence-corrected chi connectivity index (χ0v) is 10.3. The van der Waals surface area contributed by atoms with Crippen molar-refractivity contribution < 1.29 is 0 Å². The van der Waals surface area contributed by atoms with E-state index in [-0.39, 0.29) is 0 Å². The third-order valence-corrected chi connectivity index (χ3v) is 4.22. The smallest absolute Gasteiger partial charge is 0.0195 e. The Morgan fingerprint density at radius 1 is 1.00 bits per heavy atom. The molecule has 0 saturated carbocycles. The average Bonchev–Trinajstić information content (AvgIpc) is 2.25. The summed E-state index contributed by atoms with van der Waals surface area (Å²) in [4.78, 5) is 2.73. The molecule has 2 heteroatoms. The Labute approximate surface area is 94.4 Å². The second-order valence-corrected chi connectivity index (χ2v) is 5.47. The van der Waals surface area contributed by atoms with Crippen LogP contribution in [0.2, 0.25) is 0 Å². The third-order valence-electron chi connectivity index (χ3n) is 4.22. The third kappa shape index (κ3) is 2.94. The van der Waals surface area contributed by atoms with Crippen LogP contribution in [0.15, 0.2) is 0 Å². The van der Waals surface area contributed by atoms with Crippen molar-refractivity contribution in [2.45, 2.75) is 70.5 Å². The van der Waals surface area contributed by atoms with Gasteiger partial charge in [0.05, 0.1) is 0 Å². The molecule has 0 bridgehead atoms. The Bertz CT molecular complexity index is 177. The summed E-state index contributed by atoms with van der Waals surface area (Å²) in [5, 5.41) is 3.67. The Morgan fingerprint density at radius 3 is 2.33 bits per heavy atom. The van der Waals surface area contributed by atoms with Gasteiger partial charge in [-0.3, -0.25) is 4.90 Å². The van der Waals surface area contributed by atoms with Crippen LogP contribution in [-0.4, -0.2) is 36.1 Å². The van der Waals surface area contributed by atoms with Gasteiger partial charge in [-0.2, -0.15) is 0 Å². The van der Waals surface area contributed by atoms with E-state index >= 15 is 0 Å². The summed E-state index contributed by atoms with van der Waals surface area (Å²) in [7, 11) is 0. The highest BCUT2D eigenvalue weighted by molar-refractivity contribution is 4.84. The van der Waals surface area contributed by atoms with Crippen molar-refractivity contribution in [2.24, 2.45) is 0 Å². The normalized spacial score (nSPS) is 39.2. The van der Waals surface area contributed by atoms with Crippen LogP contribution in [0.3, 0.4) is 0 Å². The molecule has 2 aliphatic heterocycles. The van der Waals surface area contributed by atoms with Gasteiger partial charge in [0.2, 0.25) is 0 Å². The Balaban J connectivity index is 1.84. The first-order valence-corrected chi connectivity index (χ1v) is 6.76. The molecule has 0 spiro atoms. The first kappa shape index (κ1) is 11.4. The zero-order valence-electron chi connectivity index (χ0n) is 10.3. The lowest BCUT2D eigenvalue weighted by Gasteiger charge is -2.41. The van der Waals surface area contributed by atoms with Crippen LogP contribution in [0, 0.1) is 0 Å². The van der Waals surface area contributed by atoms with E-state index in [1.165, 1.54) is 51.6 Å². The molecular weight excluding hydrogens is 184 g/mol. The van der Waals surface area contributed by atoms with Crippen LogP contribution in [0.1, 0.15) is 52.4 Å². The molecule has 0 aromatic rings. The summed E-state index contributed by atoms with van der Waals surface area (Å²) in [5.74, 6) is 0. The molecule has 15 heavy (non-hydrogen) atoms. The minimum Gasteiger partial charge on any atom is -0.313 e. The highest BCUT2D eigenvalue weighted by atomic mass is 15.2. The average molecular weight is 210 g/mol. The summed E-state index contributed by atoms with van der Waals surface area (Å²) >= 11 is 0. The number of rotatable bonds is 2. The summed E-state index contributed by atoms with van der Waals surface area (Å²) in [6.07, 6.45) is 8.41. The predicted octanol–water partition coefficient (Wildman–Crippen LogP) is 2.39. The van der Waals surface area contributed by atoms with Gasteiger partial charge in [0.15, 0.2) is 0 Å². The van der Waals surface area contributed by atoms with E-state index in [0.29, 0.717) is 0 Å². The van der Waals surface area contributed by atoms with E-state index in [4.69, 9.17) is 0 Å². The van der Waals surface area contributed by atoms with Crippen LogP contribution in [-0.2, 0) is 0 Å². The van der Waals surface area contributed by atoms with Gasteiger partial charge in [-0.25, -0.2) is 0 Å². The summed E-state index contributed by atoms with van der Waals surface area (Å²) in [6.45, 7) is 7.32. The van der Waals surface area contributed by atoms with E-state index in [1.807, 2.05) is 0 Å². The van der Waals surface area contributed by atoms with Gasteiger partial charge < -0.3 is 5.32 Å². The molecule has 2 aliphatic rings. The maximum atomic E-state index is 3.67. The van der Waals surface area contributed by atoms with E-state index in [0.717, 1.165) is 18.1 Å². The second kappa shape index (κ2) is 5.31. The number of piperidine rings is 2. The maximum absolute atomic E-state index is 3.67. The van der Waals surface area contributed by atoms with Gasteiger partial charge in [0, 0.05) is 24.7 Å². The fourth-order valence-electron chi connectivity index (χ4n) is 3.17. The number of nitrogens with one attached hydrogen (secondary N) is 1. The lowest BCUT2D eigenvalue weighted by Crippen LogP contribution is -2.51. The lowest BCUT2D eigenvalue weighted by molar-refractivity contribution is 0.0864.